The highest BCUT2D eigenvalue weighted by Gasteiger charge is 2.43. The lowest BCUT2D eigenvalue weighted by molar-refractivity contribution is -0.146. The van der Waals surface area contributed by atoms with Crippen molar-refractivity contribution in [1.29, 1.82) is 0 Å². The number of alkyl carbamates (subject to hydrolysis) is 1. The summed E-state index contributed by atoms with van der Waals surface area (Å²) in [5.74, 6) is -0.874. The van der Waals surface area contributed by atoms with Crippen molar-refractivity contribution in [3.63, 3.8) is 0 Å². The van der Waals surface area contributed by atoms with Gasteiger partial charge in [0, 0.05) is 0 Å². The first-order chi connectivity index (χ1) is 11.6. The van der Waals surface area contributed by atoms with Crippen LogP contribution < -0.4 is 5.32 Å². The molecule has 0 aromatic carbocycles. The smallest absolute Gasteiger partial charge is 0.408 e. The highest BCUT2D eigenvalue weighted by molar-refractivity contribution is 6.72. The van der Waals surface area contributed by atoms with E-state index in [2.05, 4.69) is 5.32 Å². The molecule has 0 saturated heterocycles. The fourth-order valence-electron chi connectivity index (χ4n) is 2.99. The number of hydrogen-bond donors (Lipinski definition) is 3. The third kappa shape index (κ3) is 6.12. The van der Waals surface area contributed by atoms with Gasteiger partial charge in [0.15, 0.2) is 8.32 Å². The molecule has 0 radical (unpaired) electrons. The lowest BCUT2D eigenvalue weighted by Gasteiger charge is -2.36. The zero-order valence-corrected chi connectivity index (χ0v) is 18.2. The lowest BCUT2D eigenvalue weighted by Crippen LogP contribution is -2.40. The maximum Gasteiger partial charge on any atom is 0.408 e. The molecule has 3 N–H and O–H groups in total. The number of aliphatic carboxylic acids is 1. The summed E-state index contributed by atoms with van der Waals surface area (Å²) in [5.41, 5.74) is -1.57. The Kier molecular flexibility index (Phi) is 6.74. The van der Waals surface area contributed by atoms with E-state index in [1.54, 1.807) is 32.9 Å². The zero-order chi connectivity index (χ0) is 20.4. The normalized spacial score (nSPS) is 23.8. The molecule has 0 spiro atoms. The van der Waals surface area contributed by atoms with Gasteiger partial charge in [-0.1, -0.05) is 32.4 Å². The number of amides is 1. The molecular weight excluding hydrogens is 350 g/mol. The summed E-state index contributed by atoms with van der Waals surface area (Å²) in [6.07, 6.45) is 5.19. The van der Waals surface area contributed by atoms with Gasteiger partial charge in [0.25, 0.3) is 0 Å². The minimum Gasteiger partial charge on any atom is -0.481 e. The molecule has 1 amide bonds. The van der Waals surface area contributed by atoms with Gasteiger partial charge in [-0.25, -0.2) is 4.79 Å². The van der Waals surface area contributed by atoms with E-state index in [4.69, 9.17) is 4.74 Å². The minimum absolute atomic E-state index is 0.177. The fraction of sp³-hybridized carbons (Fsp3) is 0.789. The third-order valence-electron chi connectivity index (χ3n) is 5.44. The van der Waals surface area contributed by atoms with Crippen LogP contribution in [0.3, 0.4) is 0 Å². The average molecular weight is 386 g/mol. The second kappa shape index (κ2) is 7.72. The van der Waals surface area contributed by atoms with E-state index in [1.165, 1.54) is 0 Å². The van der Waals surface area contributed by atoms with Crippen molar-refractivity contribution >= 4 is 20.4 Å². The summed E-state index contributed by atoms with van der Waals surface area (Å²) in [6, 6.07) is -0.349. The number of carbonyl (C=O) groups excluding carboxylic acids is 1. The maximum atomic E-state index is 11.9. The number of carboxylic acid groups (broad SMARTS) is 1. The first-order valence-electron chi connectivity index (χ1n) is 9.23. The number of nitrogens with one attached hydrogen (secondary N) is 1. The maximum absolute atomic E-state index is 11.9. The fourth-order valence-corrected chi connectivity index (χ4v) is 3.78. The average Bonchev–Trinajstić information content (AvgIpc) is 2.79. The molecule has 0 saturated carbocycles. The Labute approximate surface area is 158 Å². The number of carboxylic acids is 1. The van der Waals surface area contributed by atoms with Crippen LogP contribution in [-0.4, -0.2) is 41.9 Å². The van der Waals surface area contributed by atoms with Crippen molar-refractivity contribution < 1.29 is 24.2 Å². The van der Waals surface area contributed by atoms with E-state index in [0.717, 1.165) is 6.42 Å². The largest absolute Gasteiger partial charge is 0.481 e. The van der Waals surface area contributed by atoms with E-state index in [0.29, 0.717) is 19.3 Å². The van der Waals surface area contributed by atoms with Crippen molar-refractivity contribution in [1.82, 2.24) is 5.32 Å². The minimum atomic E-state index is -2.31. The van der Waals surface area contributed by atoms with Crippen LogP contribution in [0.1, 0.15) is 60.3 Å². The lowest BCUT2D eigenvalue weighted by atomic mass is 9.81. The van der Waals surface area contributed by atoms with Crippen LogP contribution in [0, 0.1) is 5.41 Å². The van der Waals surface area contributed by atoms with Crippen molar-refractivity contribution in [2.75, 3.05) is 0 Å². The van der Waals surface area contributed by atoms with E-state index in [9.17, 15) is 19.5 Å². The highest BCUT2D eigenvalue weighted by Crippen LogP contribution is 2.44. The zero-order valence-electron chi connectivity index (χ0n) is 17.2. The predicted molar refractivity (Wildman–Crippen MR) is 105 cm³/mol. The number of hydrogen-bond acceptors (Lipinski definition) is 4. The Balaban J connectivity index is 2.66. The number of rotatable bonds is 7. The van der Waals surface area contributed by atoms with E-state index in [-0.39, 0.29) is 11.1 Å². The SMILES string of the molecule is CC(C)(C)OC(=O)N[C@@H]1C=C[C@](CCCC(C)(C)[Si](C)(C)O)(C(=O)O)C1. The molecule has 2 atom stereocenters. The molecule has 1 aliphatic carbocycles. The Morgan fingerprint density at radius 3 is 2.31 bits per heavy atom. The van der Waals surface area contributed by atoms with E-state index < -0.39 is 31.4 Å². The molecular formula is C19H35NO5Si. The quantitative estimate of drug-likeness (QED) is 0.454. The van der Waals surface area contributed by atoms with Crippen LogP contribution in [0.2, 0.25) is 18.1 Å². The molecule has 0 heterocycles. The molecule has 0 aromatic heterocycles. The van der Waals surface area contributed by atoms with Crippen LogP contribution in [0.5, 0.6) is 0 Å². The van der Waals surface area contributed by atoms with Gasteiger partial charge in [0.2, 0.25) is 0 Å². The van der Waals surface area contributed by atoms with Crippen LogP contribution in [0.15, 0.2) is 12.2 Å². The summed E-state index contributed by atoms with van der Waals surface area (Å²) in [5, 5.41) is 12.3. The first kappa shape index (κ1) is 22.7. The van der Waals surface area contributed by atoms with Gasteiger partial charge in [-0.3, -0.25) is 4.79 Å². The van der Waals surface area contributed by atoms with Gasteiger partial charge in [0.05, 0.1) is 11.5 Å². The molecule has 0 fully saturated rings. The summed E-state index contributed by atoms with van der Waals surface area (Å²) < 4.78 is 5.24. The second-order valence-corrected chi connectivity index (χ2v) is 14.0. The van der Waals surface area contributed by atoms with Gasteiger partial charge < -0.3 is 20.0 Å². The van der Waals surface area contributed by atoms with Crippen LogP contribution >= 0.6 is 0 Å². The molecule has 1 aliphatic rings. The molecule has 6 nitrogen and oxygen atoms in total. The van der Waals surface area contributed by atoms with Crippen LogP contribution in [0.25, 0.3) is 0 Å². The Hall–Kier alpha value is -1.34. The Morgan fingerprint density at radius 1 is 1.27 bits per heavy atom. The van der Waals surface area contributed by atoms with Gasteiger partial charge >= 0.3 is 12.1 Å². The van der Waals surface area contributed by atoms with Crippen LogP contribution in [0.4, 0.5) is 4.79 Å². The first-order valence-corrected chi connectivity index (χ1v) is 12.2. The molecule has 0 aliphatic heterocycles. The summed E-state index contributed by atoms with van der Waals surface area (Å²) in [6.45, 7) is 13.3. The standard InChI is InChI=1S/C19H35NO5Si/c1-17(2,3)25-16(23)20-14-9-12-19(13-14,15(21)22)11-8-10-18(4,5)26(6,7)24/h9,12,14,24H,8,10-11,13H2,1-7H3,(H,20,23)(H,21,22)/t14-,19+/m1/s1. The monoisotopic (exact) mass is 385 g/mol. The van der Waals surface area contributed by atoms with Crippen molar-refractivity contribution in [3.8, 4) is 0 Å². The number of ether oxygens (including phenoxy) is 1. The molecule has 1 rings (SSSR count). The van der Waals surface area contributed by atoms with Crippen molar-refractivity contribution in [2.24, 2.45) is 5.41 Å². The van der Waals surface area contributed by atoms with Gasteiger partial charge in [-0.15, -0.1) is 0 Å². The third-order valence-corrected chi connectivity index (χ3v) is 9.00. The Bertz CT molecular complexity index is 559. The molecule has 26 heavy (non-hydrogen) atoms. The molecule has 150 valence electrons. The molecule has 0 aromatic rings. The topological polar surface area (TPSA) is 95.9 Å². The predicted octanol–water partition coefficient (Wildman–Crippen LogP) is 4.06. The second-order valence-electron chi connectivity index (χ2n) is 9.57. The molecule has 0 unspecified atom stereocenters. The summed E-state index contributed by atoms with van der Waals surface area (Å²) >= 11 is 0. The summed E-state index contributed by atoms with van der Waals surface area (Å²) in [4.78, 5) is 34.2. The number of carbonyl (C=O) groups is 2. The van der Waals surface area contributed by atoms with Crippen LogP contribution in [-0.2, 0) is 9.53 Å². The van der Waals surface area contributed by atoms with Gasteiger partial charge in [-0.2, -0.15) is 0 Å². The van der Waals surface area contributed by atoms with Crippen molar-refractivity contribution in [2.45, 2.75) is 90.1 Å². The van der Waals surface area contributed by atoms with Gasteiger partial charge in [-0.05, 0) is 58.2 Å². The molecule has 7 heteroatoms. The molecule has 0 bridgehead atoms. The summed E-state index contributed by atoms with van der Waals surface area (Å²) in [7, 11) is -2.31. The van der Waals surface area contributed by atoms with E-state index >= 15 is 0 Å². The Morgan fingerprint density at radius 2 is 1.85 bits per heavy atom. The highest BCUT2D eigenvalue weighted by atomic mass is 28.4. The van der Waals surface area contributed by atoms with Crippen molar-refractivity contribution in [3.05, 3.63) is 12.2 Å². The van der Waals surface area contributed by atoms with E-state index in [1.807, 2.05) is 26.9 Å². The van der Waals surface area contributed by atoms with Gasteiger partial charge in [0.1, 0.15) is 5.60 Å².